The molecule has 0 N–H and O–H groups in total. The molecule has 0 aliphatic carbocycles. The van der Waals surface area contributed by atoms with Gasteiger partial charge in [0, 0.05) is 38.8 Å². The van der Waals surface area contributed by atoms with Crippen LogP contribution in [-0.4, -0.2) is 67.6 Å². The molecule has 3 heterocycles. The third-order valence-electron chi connectivity index (χ3n) is 6.13. The van der Waals surface area contributed by atoms with E-state index in [9.17, 15) is 4.39 Å². The minimum absolute atomic E-state index is 0.312. The summed E-state index contributed by atoms with van der Waals surface area (Å²) in [5.74, 6) is 2.15. The molecule has 1 saturated heterocycles. The lowest BCUT2D eigenvalue weighted by molar-refractivity contribution is 0.0908. The van der Waals surface area contributed by atoms with Crippen LogP contribution in [0.2, 0.25) is 0 Å². The number of rotatable bonds is 7. The number of nitrogens with zero attached hydrogens (tertiary/aromatic N) is 7. The summed E-state index contributed by atoms with van der Waals surface area (Å²) in [5, 5.41) is 8.72. The third-order valence-corrected chi connectivity index (χ3v) is 6.61. The van der Waals surface area contributed by atoms with Crippen molar-refractivity contribution in [2.45, 2.75) is 13.2 Å². The molecule has 5 rings (SSSR count). The molecule has 1 aliphatic heterocycles. The average Bonchev–Trinajstić information content (AvgIpc) is 3.46. The molecule has 1 fully saturated rings. The van der Waals surface area contributed by atoms with E-state index in [-0.39, 0.29) is 5.82 Å². The first-order valence-electron chi connectivity index (χ1n) is 11.3. The number of piperazine rings is 1. The van der Waals surface area contributed by atoms with Crippen LogP contribution < -0.4 is 4.74 Å². The Hall–Kier alpha value is -3.41. The van der Waals surface area contributed by atoms with Crippen LogP contribution in [0, 0.1) is 10.6 Å². The van der Waals surface area contributed by atoms with Gasteiger partial charge in [-0.2, -0.15) is 10.1 Å². The summed E-state index contributed by atoms with van der Waals surface area (Å²) >= 11 is 5.56. The van der Waals surface area contributed by atoms with Crippen molar-refractivity contribution < 1.29 is 13.7 Å². The van der Waals surface area contributed by atoms with Gasteiger partial charge in [0.05, 0.1) is 25.9 Å². The lowest BCUT2D eigenvalue weighted by Gasteiger charge is -2.33. The van der Waals surface area contributed by atoms with Crippen molar-refractivity contribution in [1.29, 1.82) is 0 Å². The van der Waals surface area contributed by atoms with Gasteiger partial charge in [-0.25, -0.2) is 9.07 Å². The Bertz CT molecular complexity index is 1360. The molecule has 0 saturated carbocycles. The second kappa shape index (κ2) is 10.1. The first-order chi connectivity index (χ1) is 17.0. The van der Waals surface area contributed by atoms with Crippen LogP contribution in [0.4, 0.5) is 4.39 Å². The summed E-state index contributed by atoms with van der Waals surface area (Å²) in [6.07, 6.45) is 0. The molecule has 0 spiro atoms. The smallest absolute Gasteiger partial charge is 0.241 e. The molecule has 11 heteroatoms. The Kier molecular flexibility index (Phi) is 6.71. The Morgan fingerprint density at radius 1 is 1.03 bits per heavy atom. The molecule has 9 nitrogen and oxygen atoms in total. The first-order valence-corrected chi connectivity index (χ1v) is 11.7. The molecule has 2 aromatic heterocycles. The number of ether oxygens (including phenoxy) is 1. The van der Waals surface area contributed by atoms with Crippen molar-refractivity contribution in [3.63, 3.8) is 0 Å². The Morgan fingerprint density at radius 2 is 1.74 bits per heavy atom. The molecular weight excluding hydrogens is 469 g/mol. The topological polar surface area (TPSA) is 77.4 Å². The van der Waals surface area contributed by atoms with E-state index in [4.69, 9.17) is 21.5 Å². The van der Waals surface area contributed by atoms with E-state index in [2.05, 4.69) is 25.0 Å². The number of benzene rings is 2. The molecule has 0 atom stereocenters. The molecule has 0 unspecified atom stereocenters. The Balaban J connectivity index is 1.18. The van der Waals surface area contributed by atoms with Crippen LogP contribution in [0.5, 0.6) is 5.75 Å². The minimum atomic E-state index is -0.312. The van der Waals surface area contributed by atoms with E-state index >= 15 is 0 Å². The number of methoxy groups -OCH3 is 1. The summed E-state index contributed by atoms with van der Waals surface area (Å²) in [6, 6.07) is 14.2. The zero-order valence-corrected chi connectivity index (χ0v) is 20.4. The minimum Gasteiger partial charge on any atom is -0.497 e. The molecule has 4 aromatic rings. The van der Waals surface area contributed by atoms with Crippen molar-refractivity contribution in [3.8, 4) is 28.5 Å². The van der Waals surface area contributed by atoms with Gasteiger partial charge < -0.3 is 13.8 Å². The van der Waals surface area contributed by atoms with Crippen molar-refractivity contribution in [2.24, 2.45) is 7.05 Å². The summed E-state index contributed by atoms with van der Waals surface area (Å²) in [4.78, 5) is 9.10. The van der Waals surface area contributed by atoms with Crippen LogP contribution in [0.25, 0.3) is 22.8 Å². The van der Waals surface area contributed by atoms with Gasteiger partial charge in [0.2, 0.25) is 11.7 Å². The second-order valence-electron chi connectivity index (χ2n) is 8.42. The van der Waals surface area contributed by atoms with Gasteiger partial charge in [0.25, 0.3) is 0 Å². The molecule has 35 heavy (non-hydrogen) atoms. The predicted molar refractivity (Wildman–Crippen MR) is 131 cm³/mol. The van der Waals surface area contributed by atoms with Crippen molar-refractivity contribution in [2.75, 3.05) is 33.3 Å². The van der Waals surface area contributed by atoms with E-state index in [1.807, 2.05) is 31.3 Å². The van der Waals surface area contributed by atoms with Gasteiger partial charge in [0.1, 0.15) is 11.6 Å². The van der Waals surface area contributed by atoms with Gasteiger partial charge in [-0.3, -0.25) is 9.80 Å². The molecule has 0 bridgehead atoms. The van der Waals surface area contributed by atoms with Crippen LogP contribution in [0.15, 0.2) is 53.1 Å². The van der Waals surface area contributed by atoms with Crippen LogP contribution in [0.1, 0.15) is 5.89 Å². The fourth-order valence-corrected chi connectivity index (χ4v) is 4.29. The lowest BCUT2D eigenvalue weighted by Crippen LogP contribution is -2.46. The van der Waals surface area contributed by atoms with Crippen LogP contribution in [0.3, 0.4) is 0 Å². The summed E-state index contributed by atoms with van der Waals surface area (Å²) in [7, 11) is 3.45. The summed E-state index contributed by atoms with van der Waals surface area (Å²) in [6.45, 7) is 4.52. The maximum Gasteiger partial charge on any atom is 0.241 e. The highest BCUT2D eigenvalue weighted by molar-refractivity contribution is 7.71. The van der Waals surface area contributed by atoms with Gasteiger partial charge in [-0.15, -0.1) is 0 Å². The van der Waals surface area contributed by atoms with Crippen molar-refractivity contribution >= 4 is 12.2 Å². The van der Waals surface area contributed by atoms with E-state index in [1.165, 1.54) is 6.07 Å². The number of halogens is 1. The highest BCUT2D eigenvalue weighted by Crippen LogP contribution is 2.22. The zero-order valence-electron chi connectivity index (χ0n) is 19.6. The average molecular weight is 496 g/mol. The molecular formula is C24H26FN7O2S. The van der Waals surface area contributed by atoms with Gasteiger partial charge in [0.15, 0.2) is 10.6 Å². The number of hydrogen-bond donors (Lipinski definition) is 0. The van der Waals surface area contributed by atoms with Crippen molar-refractivity contribution in [1.82, 2.24) is 34.3 Å². The highest BCUT2D eigenvalue weighted by Gasteiger charge is 2.21. The Labute approximate surface area is 207 Å². The van der Waals surface area contributed by atoms with E-state index in [0.29, 0.717) is 41.1 Å². The summed E-state index contributed by atoms with van der Waals surface area (Å²) in [5.41, 5.74) is 1.32. The fraction of sp³-hybridized carbons (Fsp3) is 0.333. The SMILES string of the molecule is COc1ccc(-c2noc(CN3CCN(Cn4nc(-c5ccccc5F)n(C)c4=S)CC3)n2)cc1. The van der Waals surface area contributed by atoms with E-state index in [1.54, 1.807) is 34.6 Å². The monoisotopic (exact) mass is 495 g/mol. The van der Waals surface area contributed by atoms with Crippen molar-refractivity contribution in [3.05, 3.63) is 65.0 Å². The third kappa shape index (κ3) is 5.02. The Morgan fingerprint density at radius 3 is 2.46 bits per heavy atom. The van der Waals surface area contributed by atoms with Gasteiger partial charge >= 0.3 is 0 Å². The van der Waals surface area contributed by atoms with E-state index in [0.717, 1.165) is 37.5 Å². The standard InChI is InChI=1S/C24H26FN7O2S/c1-29-23(19-5-3-4-6-20(19)25)27-32(24(29)35)16-31-13-11-30(12-14-31)15-21-26-22(28-34-21)17-7-9-18(33-2)10-8-17/h3-10H,11-16H2,1-2H3. The summed E-state index contributed by atoms with van der Waals surface area (Å²) < 4.78 is 29.0. The lowest BCUT2D eigenvalue weighted by atomic mass is 10.2. The molecule has 0 amide bonds. The molecule has 0 radical (unpaired) electrons. The van der Waals surface area contributed by atoms with E-state index < -0.39 is 0 Å². The van der Waals surface area contributed by atoms with Gasteiger partial charge in [-0.05, 0) is 48.6 Å². The zero-order chi connectivity index (χ0) is 24.4. The fourth-order valence-electron chi connectivity index (χ4n) is 4.10. The number of hydrogen-bond acceptors (Lipinski definition) is 8. The molecule has 182 valence electrons. The molecule has 1 aliphatic rings. The van der Waals surface area contributed by atoms with Gasteiger partial charge in [-0.1, -0.05) is 17.3 Å². The molecule has 2 aromatic carbocycles. The highest BCUT2D eigenvalue weighted by atomic mass is 32.1. The first kappa shape index (κ1) is 23.3. The second-order valence-corrected chi connectivity index (χ2v) is 8.79. The largest absolute Gasteiger partial charge is 0.497 e. The number of aromatic nitrogens is 5. The maximum atomic E-state index is 14.3. The van der Waals surface area contributed by atoms with Crippen LogP contribution >= 0.6 is 12.2 Å². The quantitative estimate of drug-likeness (QED) is 0.360. The maximum absolute atomic E-state index is 14.3. The van der Waals surface area contributed by atoms with Crippen LogP contribution in [-0.2, 0) is 20.3 Å². The normalized spacial score (nSPS) is 14.9. The predicted octanol–water partition coefficient (Wildman–Crippen LogP) is 3.59.